The molecule has 2 saturated heterocycles. The van der Waals surface area contributed by atoms with Gasteiger partial charge in [-0.15, -0.1) is 11.8 Å². The second-order valence-electron chi connectivity index (χ2n) is 6.99. The normalized spacial score (nSPS) is 20.0. The summed E-state index contributed by atoms with van der Waals surface area (Å²) in [4.78, 5) is 51.2. The third-order valence-corrected chi connectivity index (χ3v) is 7.36. The molecule has 0 radical (unpaired) electrons. The van der Waals surface area contributed by atoms with Gasteiger partial charge in [-0.05, 0) is 41.1 Å². The van der Waals surface area contributed by atoms with Crippen LogP contribution in [0.25, 0.3) is 6.08 Å². The number of nitro benzene ring substituents is 1. The lowest BCUT2D eigenvalue weighted by molar-refractivity contribution is -0.384. The molecule has 2 aromatic rings. The highest BCUT2D eigenvalue weighted by atomic mass is 35.5. The summed E-state index contributed by atoms with van der Waals surface area (Å²) in [6, 6.07) is 13.0. The average molecular weight is 490 g/mol. The van der Waals surface area contributed by atoms with E-state index >= 15 is 0 Å². The van der Waals surface area contributed by atoms with Crippen LogP contribution in [0.2, 0.25) is 5.02 Å². The Labute approximate surface area is 196 Å². The fourth-order valence-electron chi connectivity index (χ4n) is 3.37. The molecular weight excluding hydrogens is 474 g/mol. The van der Waals surface area contributed by atoms with E-state index in [0.717, 1.165) is 22.2 Å². The summed E-state index contributed by atoms with van der Waals surface area (Å²) in [6.07, 6.45) is 1.63. The molecule has 11 heteroatoms. The van der Waals surface area contributed by atoms with Crippen LogP contribution in [0.3, 0.4) is 0 Å². The minimum absolute atomic E-state index is 0.0420. The number of hydrogen-bond acceptors (Lipinski definition) is 7. The van der Waals surface area contributed by atoms with Crippen molar-refractivity contribution in [3.8, 4) is 0 Å². The van der Waals surface area contributed by atoms with Gasteiger partial charge in [-0.2, -0.15) is 0 Å². The van der Waals surface area contributed by atoms with Gasteiger partial charge in [0, 0.05) is 30.2 Å². The zero-order valence-electron chi connectivity index (χ0n) is 16.5. The Bertz CT molecular complexity index is 1140. The van der Waals surface area contributed by atoms with E-state index in [2.05, 4.69) is 0 Å². The minimum atomic E-state index is -0.484. The van der Waals surface area contributed by atoms with Crippen LogP contribution in [-0.2, 0) is 9.59 Å². The number of amides is 3. The van der Waals surface area contributed by atoms with Crippen LogP contribution in [0.15, 0.2) is 53.4 Å². The first-order valence-corrected chi connectivity index (χ1v) is 11.7. The third kappa shape index (κ3) is 4.67. The zero-order chi connectivity index (χ0) is 22.8. The van der Waals surface area contributed by atoms with Crippen LogP contribution in [0, 0.1) is 10.1 Å². The molecule has 0 aliphatic carbocycles. The molecular formula is C21H16ClN3O5S2. The van der Waals surface area contributed by atoms with Gasteiger partial charge in [0.25, 0.3) is 16.8 Å². The van der Waals surface area contributed by atoms with Crippen molar-refractivity contribution in [1.29, 1.82) is 0 Å². The Morgan fingerprint density at radius 2 is 1.88 bits per heavy atom. The fourth-order valence-corrected chi connectivity index (χ4v) is 5.57. The van der Waals surface area contributed by atoms with Crippen LogP contribution < -0.4 is 0 Å². The van der Waals surface area contributed by atoms with Crippen LogP contribution >= 0.6 is 35.1 Å². The lowest BCUT2D eigenvalue weighted by Gasteiger charge is -2.25. The van der Waals surface area contributed by atoms with E-state index in [4.69, 9.17) is 11.6 Å². The number of nitrogens with zero attached hydrogens (tertiary/aromatic N) is 3. The van der Waals surface area contributed by atoms with Gasteiger partial charge in [-0.1, -0.05) is 35.9 Å². The molecule has 2 aliphatic rings. The summed E-state index contributed by atoms with van der Waals surface area (Å²) in [5.74, 6) is -0.331. The number of thioether (sulfide) groups is 2. The Balaban J connectivity index is 1.47. The molecule has 1 atom stereocenters. The first-order chi connectivity index (χ1) is 15.3. The van der Waals surface area contributed by atoms with E-state index < -0.39 is 21.4 Å². The zero-order valence-corrected chi connectivity index (χ0v) is 18.9. The third-order valence-electron chi connectivity index (χ3n) is 4.94. The van der Waals surface area contributed by atoms with Crippen molar-refractivity contribution in [2.45, 2.75) is 5.37 Å². The van der Waals surface area contributed by atoms with Gasteiger partial charge < -0.3 is 4.90 Å². The summed E-state index contributed by atoms with van der Waals surface area (Å²) < 4.78 is 0. The Kier molecular flexibility index (Phi) is 6.54. The monoisotopic (exact) mass is 489 g/mol. The van der Waals surface area contributed by atoms with E-state index in [-0.39, 0.29) is 30.4 Å². The van der Waals surface area contributed by atoms with Crippen molar-refractivity contribution in [3.63, 3.8) is 0 Å². The van der Waals surface area contributed by atoms with E-state index in [1.54, 1.807) is 47.4 Å². The van der Waals surface area contributed by atoms with Gasteiger partial charge in [0.15, 0.2) is 0 Å². The minimum Gasteiger partial charge on any atom is -0.324 e. The molecule has 164 valence electrons. The molecule has 0 N–H and O–H groups in total. The van der Waals surface area contributed by atoms with Crippen LogP contribution in [-0.4, -0.2) is 50.6 Å². The van der Waals surface area contributed by atoms with Crippen LogP contribution in [0.1, 0.15) is 16.5 Å². The first kappa shape index (κ1) is 22.4. The number of carbonyl (C=O) groups is 3. The number of imide groups is 1. The van der Waals surface area contributed by atoms with Crippen molar-refractivity contribution in [2.24, 2.45) is 0 Å². The van der Waals surface area contributed by atoms with Crippen molar-refractivity contribution >= 4 is 63.9 Å². The molecule has 4 rings (SSSR count). The van der Waals surface area contributed by atoms with Gasteiger partial charge in [0.2, 0.25) is 5.91 Å². The molecule has 0 bridgehead atoms. The molecule has 0 saturated carbocycles. The molecule has 8 nitrogen and oxygen atoms in total. The van der Waals surface area contributed by atoms with Gasteiger partial charge in [0.1, 0.15) is 5.37 Å². The van der Waals surface area contributed by atoms with Crippen molar-refractivity contribution in [2.75, 3.05) is 18.8 Å². The maximum absolute atomic E-state index is 12.8. The fraction of sp³-hybridized carbons (Fsp3) is 0.190. The molecule has 2 fully saturated rings. The number of carbonyl (C=O) groups excluding carboxylic acids is 3. The number of nitro groups is 1. The summed E-state index contributed by atoms with van der Waals surface area (Å²) in [6.45, 7) is 0.186. The lowest BCUT2D eigenvalue weighted by Crippen LogP contribution is -2.39. The van der Waals surface area contributed by atoms with Gasteiger partial charge >= 0.3 is 0 Å². The highest BCUT2D eigenvalue weighted by Gasteiger charge is 2.38. The lowest BCUT2D eigenvalue weighted by atomic mass is 10.2. The number of non-ortho nitro benzene ring substituents is 1. The average Bonchev–Trinajstić information content (AvgIpc) is 3.27. The van der Waals surface area contributed by atoms with Crippen molar-refractivity contribution < 1.29 is 19.3 Å². The predicted octanol–water partition coefficient (Wildman–Crippen LogP) is 4.56. The Morgan fingerprint density at radius 1 is 1.12 bits per heavy atom. The standard InChI is InChI=1S/C21H16ClN3O5S2/c22-15-6-4-13(5-7-15)10-17-19(27)24(21(28)32-17)9-8-23-18(26)12-31-20(23)14-2-1-3-16(11-14)25(29)30/h1-7,10-11,20H,8-9,12H2/b17-10+/t20-/m1/s1. The Hall–Kier alpha value is -2.82. The number of rotatable bonds is 6. The SMILES string of the molecule is O=C1S/C(=C/c2ccc(Cl)cc2)C(=O)N1CCN1C(=O)CS[C@@H]1c1cccc([N+](=O)[O-])c1. The first-order valence-electron chi connectivity index (χ1n) is 9.50. The summed E-state index contributed by atoms with van der Waals surface area (Å²) in [7, 11) is 0. The highest BCUT2D eigenvalue weighted by molar-refractivity contribution is 8.18. The van der Waals surface area contributed by atoms with Gasteiger partial charge in [-0.25, -0.2) is 0 Å². The number of halogens is 1. The Morgan fingerprint density at radius 3 is 2.59 bits per heavy atom. The topological polar surface area (TPSA) is 101 Å². The van der Waals surface area contributed by atoms with Gasteiger partial charge in [-0.3, -0.25) is 29.4 Å². The predicted molar refractivity (Wildman–Crippen MR) is 124 cm³/mol. The maximum atomic E-state index is 12.8. The van der Waals surface area contributed by atoms with Crippen LogP contribution in [0.4, 0.5) is 10.5 Å². The molecule has 0 unspecified atom stereocenters. The molecule has 2 aliphatic heterocycles. The van der Waals surface area contributed by atoms with Crippen molar-refractivity contribution in [3.05, 3.63) is 79.7 Å². The smallest absolute Gasteiger partial charge is 0.293 e. The maximum Gasteiger partial charge on any atom is 0.293 e. The highest BCUT2D eigenvalue weighted by Crippen LogP contribution is 2.40. The number of hydrogen-bond donors (Lipinski definition) is 0. The summed E-state index contributed by atoms with van der Waals surface area (Å²) in [5, 5.41) is 10.8. The van der Waals surface area contributed by atoms with Crippen molar-refractivity contribution in [1.82, 2.24) is 9.80 Å². The molecule has 0 spiro atoms. The second-order valence-corrected chi connectivity index (χ2v) is 9.49. The van der Waals surface area contributed by atoms with Gasteiger partial charge in [0.05, 0.1) is 15.6 Å². The summed E-state index contributed by atoms with van der Waals surface area (Å²) >= 11 is 8.08. The van der Waals surface area contributed by atoms with E-state index in [1.165, 1.54) is 23.9 Å². The largest absolute Gasteiger partial charge is 0.324 e. The summed E-state index contributed by atoms with van der Waals surface area (Å²) in [5.41, 5.74) is 1.32. The molecule has 2 aromatic carbocycles. The molecule has 0 aromatic heterocycles. The van der Waals surface area contributed by atoms with E-state index in [9.17, 15) is 24.5 Å². The van der Waals surface area contributed by atoms with E-state index in [1.807, 2.05) is 0 Å². The molecule has 2 heterocycles. The second kappa shape index (κ2) is 9.35. The quantitative estimate of drug-likeness (QED) is 0.333. The number of benzene rings is 2. The van der Waals surface area contributed by atoms with Crippen LogP contribution in [0.5, 0.6) is 0 Å². The molecule has 32 heavy (non-hydrogen) atoms. The molecule has 3 amide bonds. The van der Waals surface area contributed by atoms with E-state index in [0.29, 0.717) is 15.5 Å².